The number of ether oxygens (including phenoxy) is 2. The summed E-state index contributed by atoms with van der Waals surface area (Å²) in [7, 11) is 0. The summed E-state index contributed by atoms with van der Waals surface area (Å²) in [6.45, 7) is 2.71. The monoisotopic (exact) mass is 414 g/mol. The zero-order chi connectivity index (χ0) is 21.6. The second-order valence-corrected chi connectivity index (χ2v) is 7.02. The lowest BCUT2D eigenvalue weighted by molar-refractivity contribution is -0.117. The number of hydrogen-bond donors (Lipinski definition) is 1. The summed E-state index contributed by atoms with van der Waals surface area (Å²) in [4.78, 5) is 25.2. The van der Waals surface area contributed by atoms with E-state index >= 15 is 0 Å². The van der Waals surface area contributed by atoms with Crippen LogP contribution < -0.4 is 19.9 Å². The summed E-state index contributed by atoms with van der Waals surface area (Å²) < 4.78 is 11.5. The lowest BCUT2D eigenvalue weighted by Gasteiger charge is -2.14. The maximum atomic E-state index is 12.8. The number of para-hydroxylation sites is 2. The zero-order valence-electron chi connectivity index (χ0n) is 17.1. The van der Waals surface area contributed by atoms with Crippen LogP contribution in [0, 0.1) is 6.92 Å². The minimum absolute atomic E-state index is 0.0517. The maximum absolute atomic E-state index is 12.8. The standard InChI is InChI=1S/C25H22N2O4/c1-18-11-13-21(14-12-18)30-15-16-31-23-10-6-5-7-19(23)17-22-24(28)26-27(25(22)29)20-8-3-2-4-9-20/h2-14,17H,15-16H2,1H3,(H,26,28)/b22-17+. The summed E-state index contributed by atoms with van der Waals surface area (Å²) in [6, 6.07) is 24.0. The Balaban J connectivity index is 1.44. The molecule has 0 bridgehead atoms. The van der Waals surface area contributed by atoms with E-state index in [0.717, 1.165) is 5.75 Å². The first-order valence-corrected chi connectivity index (χ1v) is 9.95. The Morgan fingerprint density at radius 2 is 1.52 bits per heavy atom. The molecule has 0 spiro atoms. The van der Waals surface area contributed by atoms with Crippen molar-refractivity contribution in [2.45, 2.75) is 6.92 Å². The van der Waals surface area contributed by atoms with Crippen molar-refractivity contribution in [3.8, 4) is 11.5 Å². The Labute approximate surface area is 180 Å². The molecule has 1 N–H and O–H groups in total. The number of aryl methyl sites for hydroxylation is 1. The van der Waals surface area contributed by atoms with Gasteiger partial charge in [0.25, 0.3) is 11.8 Å². The van der Waals surface area contributed by atoms with Crippen LogP contribution in [0.4, 0.5) is 5.69 Å². The molecule has 4 rings (SSSR count). The van der Waals surface area contributed by atoms with Crippen molar-refractivity contribution >= 4 is 23.6 Å². The third kappa shape index (κ3) is 4.75. The van der Waals surface area contributed by atoms with Gasteiger partial charge in [-0.1, -0.05) is 54.1 Å². The molecule has 6 nitrogen and oxygen atoms in total. The first kappa shape index (κ1) is 20.2. The van der Waals surface area contributed by atoms with Gasteiger partial charge in [0.2, 0.25) is 0 Å². The first-order valence-electron chi connectivity index (χ1n) is 9.95. The Morgan fingerprint density at radius 3 is 2.29 bits per heavy atom. The predicted octanol–water partition coefficient (Wildman–Crippen LogP) is 3.91. The number of hydrazine groups is 1. The number of benzene rings is 3. The van der Waals surface area contributed by atoms with Gasteiger partial charge in [0.1, 0.15) is 30.3 Å². The molecule has 1 heterocycles. The fraction of sp³-hybridized carbons (Fsp3) is 0.120. The van der Waals surface area contributed by atoms with Crippen LogP contribution in [-0.4, -0.2) is 25.0 Å². The summed E-state index contributed by atoms with van der Waals surface area (Å²) in [5.74, 6) is 0.486. The number of hydrogen-bond acceptors (Lipinski definition) is 4. The fourth-order valence-corrected chi connectivity index (χ4v) is 3.15. The van der Waals surface area contributed by atoms with Gasteiger partial charge in [0, 0.05) is 5.56 Å². The quantitative estimate of drug-likeness (QED) is 0.362. The molecule has 0 saturated carbocycles. The van der Waals surface area contributed by atoms with Crippen LogP contribution >= 0.6 is 0 Å². The Bertz CT molecular complexity index is 1110. The van der Waals surface area contributed by atoms with E-state index in [1.807, 2.05) is 49.4 Å². The molecule has 1 aliphatic rings. The van der Waals surface area contributed by atoms with Crippen molar-refractivity contribution < 1.29 is 19.1 Å². The Morgan fingerprint density at radius 1 is 0.839 bits per heavy atom. The van der Waals surface area contributed by atoms with Gasteiger partial charge in [-0.05, 0) is 43.3 Å². The lowest BCUT2D eigenvalue weighted by Crippen LogP contribution is -2.35. The van der Waals surface area contributed by atoms with Crippen molar-refractivity contribution in [1.82, 2.24) is 5.43 Å². The second kappa shape index (κ2) is 9.17. The van der Waals surface area contributed by atoms with Gasteiger partial charge in [0.15, 0.2) is 0 Å². The Kier molecular flexibility index (Phi) is 5.98. The van der Waals surface area contributed by atoms with Crippen LogP contribution in [0.5, 0.6) is 11.5 Å². The number of amides is 2. The van der Waals surface area contributed by atoms with Crippen molar-refractivity contribution in [3.05, 3.63) is 95.6 Å². The van der Waals surface area contributed by atoms with E-state index < -0.39 is 11.8 Å². The smallest absolute Gasteiger partial charge is 0.282 e. The molecule has 6 heteroatoms. The van der Waals surface area contributed by atoms with E-state index in [-0.39, 0.29) is 5.57 Å². The van der Waals surface area contributed by atoms with Gasteiger partial charge in [-0.15, -0.1) is 0 Å². The lowest BCUT2D eigenvalue weighted by atomic mass is 10.1. The van der Waals surface area contributed by atoms with Crippen LogP contribution in [0.25, 0.3) is 6.08 Å². The van der Waals surface area contributed by atoms with E-state index in [1.54, 1.807) is 42.5 Å². The van der Waals surface area contributed by atoms with E-state index in [1.165, 1.54) is 10.6 Å². The number of nitrogens with one attached hydrogen (secondary N) is 1. The van der Waals surface area contributed by atoms with Crippen LogP contribution in [0.1, 0.15) is 11.1 Å². The van der Waals surface area contributed by atoms with Gasteiger partial charge < -0.3 is 9.47 Å². The molecule has 0 atom stereocenters. The van der Waals surface area contributed by atoms with Crippen LogP contribution in [0.2, 0.25) is 0 Å². The number of nitrogens with zero attached hydrogens (tertiary/aromatic N) is 1. The number of carbonyl (C=O) groups excluding carboxylic acids is 2. The molecule has 1 aliphatic heterocycles. The topological polar surface area (TPSA) is 67.9 Å². The summed E-state index contributed by atoms with van der Waals surface area (Å²) in [5, 5.41) is 1.24. The van der Waals surface area contributed by atoms with E-state index in [4.69, 9.17) is 9.47 Å². The van der Waals surface area contributed by atoms with Gasteiger partial charge in [-0.25, -0.2) is 5.01 Å². The molecule has 0 unspecified atom stereocenters. The van der Waals surface area contributed by atoms with Crippen LogP contribution in [0.3, 0.4) is 0 Å². The van der Waals surface area contributed by atoms with E-state index in [9.17, 15) is 9.59 Å². The third-order valence-corrected chi connectivity index (χ3v) is 4.76. The molecule has 0 aliphatic carbocycles. The molecule has 2 amide bonds. The van der Waals surface area contributed by atoms with Crippen molar-refractivity contribution in [1.29, 1.82) is 0 Å². The SMILES string of the molecule is Cc1ccc(OCCOc2ccccc2/C=C2\C(=O)NN(c3ccccc3)C2=O)cc1. The molecular formula is C25H22N2O4. The van der Waals surface area contributed by atoms with Gasteiger partial charge in [-0.3, -0.25) is 15.0 Å². The Hall–Kier alpha value is -4.06. The molecule has 1 fully saturated rings. The molecule has 0 radical (unpaired) electrons. The summed E-state index contributed by atoms with van der Waals surface area (Å²) in [6.07, 6.45) is 1.55. The highest BCUT2D eigenvalue weighted by atomic mass is 16.5. The van der Waals surface area contributed by atoms with Crippen molar-refractivity contribution in [3.63, 3.8) is 0 Å². The number of carbonyl (C=O) groups is 2. The minimum Gasteiger partial charge on any atom is -0.490 e. The summed E-state index contributed by atoms with van der Waals surface area (Å²) >= 11 is 0. The first-order chi connectivity index (χ1) is 15.1. The average Bonchev–Trinajstić information content (AvgIpc) is 3.08. The number of anilines is 1. The second-order valence-electron chi connectivity index (χ2n) is 7.02. The highest BCUT2D eigenvalue weighted by Crippen LogP contribution is 2.25. The average molecular weight is 414 g/mol. The number of rotatable bonds is 7. The molecule has 156 valence electrons. The molecule has 3 aromatic carbocycles. The van der Waals surface area contributed by atoms with Crippen LogP contribution in [-0.2, 0) is 9.59 Å². The maximum Gasteiger partial charge on any atom is 0.282 e. The third-order valence-electron chi connectivity index (χ3n) is 4.76. The molecule has 3 aromatic rings. The molecule has 0 aromatic heterocycles. The van der Waals surface area contributed by atoms with E-state index in [2.05, 4.69) is 5.43 Å². The van der Waals surface area contributed by atoms with Gasteiger partial charge >= 0.3 is 0 Å². The molecular weight excluding hydrogens is 392 g/mol. The fourth-order valence-electron chi connectivity index (χ4n) is 3.15. The molecule has 31 heavy (non-hydrogen) atoms. The van der Waals surface area contributed by atoms with Gasteiger partial charge in [0.05, 0.1) is 5.69 Å². The highest BCUT2D eigenvalue weighted by Gasteiger charge is 2.34. The summed E-state index contributed by atoms with van der Waals surface area (Å²) in [5.41, 5.74) is 5.06. The van der Waals surface area contributed by atoms with Crippen LogP contribution in [0.15, 0.2) is 84.4 Å². The van der Waals surface area contributed by atoms with Crippen molar-refractivity contribution in [2.24, 2.45) is 0 Å². The predicted molar refractivity (Wildman–Crippen MR) is 119 cm³/mol. The highest BCUT2D eigenvalue weighted by molar-refractivity contribution is 6.31. The zero-order valence-corrected chi connectivity index (χ0v) is 17.1. The van der Waals surface area contributed by atoms with E-state index in [0.29, 0.717) is 30.2 Å². The minimum atomic E-state index is -0.452. The normalized spacial score (nSPS) is 14.6. The molecule has 1 saturated heterocycles. The van der Waals surface area contributed by atoms with Crippen molar-refractivity contribution in [2.75, 3.05) is 18.2 Å². The largest absolute Gasteiger partial charge is 0.490 e. The van der Waals surface area contributed by atoms with Gasteiger partial charge in [-0.2, -0.15) is 0 Å².